The lowest BCUT2D eigenvalue weighted by Crippen LogP contribution is -2.18. The molecular weight excluding hydrogens is 238 g/mol. The third-order valence-corrected chi connectivity index (χ3v) is 3.72. The van der Waals surface area contributed by atoms with Gasteiger partial charge in [0.05, 0.1) is 10.6 Å². The first-order valence-corrected chi connectivity index (χ1v) is 5.49. The molecule has 4 heteroatoms. The van der Waals surface area contributed by atoms with Gasteiger partial charge in [0.2, 0.25) is 0 Å². The standard InChI is InChI=1S/C8H8BrNOS/c1-4-2-3-5-7(6(4)11)12-8(9)10-5/h4H,2-3H2,1H3. The molecule has 2 nitrogen and oxygen atoms in total. The lowest BCUT2D eigenvalue weighted by Gasteiger charge is -2.14. The predicted molar refractivity (Wildman–Crippen MR) is 51.6 cm³/mol. The van der Waals surface area contributed by atoms with E-state index in [1.165, 1.54) is 11.3 Å². The van der Waals surface area contributed by atoms with Crippen molar-refractivity contribution in [3.05, 3.63) is 14.5 Å². The summed E-state index contributed by atoms with van der Waals surface area (Å²) in [5.41, 5.74) is 0.981. The maximum atomic E-state index is 11.6. The number of ketones is 1. The van der Waals surface area contributed by atoms with Crippen molar-refractivity contribution in [2.45, 2.75) is 19.8 Å². The Bertz CT molecular complexity index is 334. The van der Waals surface area contributed by atoms with Gasteiger partial charge in [0.1, 0.15) is 0 Å². The first kappa shape index (κ1) is 8.38. The second-order valence-electron chi connectivity index (χ2n) is 3.05. The highest BCUT2D eigenvalue weighted by Gasteiger charge is 2.27. The van der Waals surface area contributed by atoms with Crippen LogP contribution in [0, 0.1) is 5.92 Å². The normalized spacial score (nSPS) is 22.5. The summed E-state index contributed by atoms with van der Waals surface area (Å²) < 4.78 is 0.829. The van der Waals surface area contributed by atoms with Crippen molar-refractivity contribution in [1.29, 1.82) is 0 Å². The molecule has 0 amide bonds. The molecule has 0 fully saturated rings. The summed E-state index contributed by atoms with van der Waals surface area (Å²) in [4.78, 5) is 16.7. The number of thiazole rings is 1. The Kier molecular flexibility index (Phi) is 2.04. The number of fused-ring (bicyclic) bond motifs is 1. The zero-order valence-electron chi connectivity index (χ0n) is 6.63. The topological polar surface area (TPSA) is 30.0 Å². The van der Waals surface area contributed by atoms with Crippen molar-refractivity contribution < 1.29 is 4.79 Å². The highest BCUT2D eigenvalue weighted by atomic mass is 79.9. The van der Waals surface area contributed by atoms with E-state index in [2.05, 4.69) is 20.9 Å². The molecule has 1 aromatic rings. The van der Waals surface area contributed by atoms with E-state index in [1.807, 2.05) is 6.92 Å². The van der Waals surface area contributed by atoms with Gasteiger partial charge >= 0.3 is 0 Å². The Morgan fingerprint density at radius 3 is 3.17 bits per heavy atom. The van der Waals surface area contributed by atoms with Gasteiger partial charge in [0, 0.05) is 5.92 Å². The fourth-order valence-corrected chi connectivity index (χ4v) is 2.98. The van der Waals surface area contributed by atoms with E-state index in [1.54, 1.807) is 0 Å². The van der Waals surface area contributed by atoms with E-state index in [0.29, 0.717) is 0 Å². The minimum Gasteiger partial charge on any atom is -0.293 e. The van der Waals surface area contributed by atoms with Gasteiger partial charge in [-0.2, -0.15) is 0 Å². The number of Topliss-reactive ketones (excluding diaryl/α,β-unsaturated/α-hetero) is 1. The van der Waals surface area contributed by atoms with Gasteiger partial charge in [-0.05, 0) is 28.8 Å². The molecule has 1 aliphatic rings. The van der Waals surface area contributed by atoms with Crippen molar-refractivity contribution in [1.82, 2.24) is 4.98 Å². The van der Waals surface area contributed by atoms with Crippen LogP contribution in [0.15, 0.2) is 3.92 Å². The van der Waals surface area contributed by atoms with Crippen molar-refractivity contribution >= 4 is 33.0 Å². The van der Waals surface area contributed by atoms with Crippen LogP contribution in [0.3, 0.4) is 0 Å². The van der Waals surface area contributed by atoms with E-state index in [9.17, 15) is 4.79 Å². The molecule has 1 unspecified atom stereocenters. The van der Waals surface area contributed by atoms with E-state index < -0.39 is 0 Å². The van der Waals surface area contributed by atoms with Crippen molar-refractivity contribution in [2.24, 2.45) is 5.92 Å². The average Bonchev–Trinajstić information content (AvgIpc) is 2.39. The minimum absolute atomic E-state index is 0.185. The molecule has 1 aromatic heterocycles. The molecule has 2 rings (SSSR count). The second-order valence-corrected chi connectivity index (χ2v) is 5.32. The molecule has 0 saturated carbocycles. The van der Waals surface area contributed by atoms with Crippen LogP contribution < -0.4 is 0 Å². The molecule has 0 saturated heterocycles. The highest BCUT2D eigenvalue weighted by Crippen LogP contribution is 2.31. The smallest absolute Gasteiger partial charge is 0.177 e. The third kappa shape index (κ3) is 1.23. The maximum Gasteiger partial charge on any atom is 0.177 e. The molecule has 0 N–H and O–H groups in total. The van der Waals surface area contributed by atoms with Crippen molar-refractivity contribution in [3.63, 3.8) is 0 Å². The summed E-state index contributed by atoms with van der Waals surface area (Å²) in [5, 5.41) is 0. The largest absolute Gasteiger partial charge is 0.293 e. The lowest BCUT2D eigenvalue weighted by molar-refractivity contribution is 0.0917. The quantitative estimate of drug-likeness (QED) is 0.704. The molecule has 0 aromatic carbocycles. The number of hydrogen-bond donors (Lipinski definition) is 0. The molecule has 0 bridgehead atoms. The summed E-state index contributed by atoms with van der Waals surface area (Å²) in [6.45, 7) is 1.99. The minimum atomic E-state index is 0.185. The van der Waals surface area contributed by atoms with Crippen LogP contribution in [0.25, 0.3) is 0 Å². The predicted octanol–water partition coefficient (Wildman–Crippen LogP) is 2.67. The average molecular weight is 246 g/mol. The van der Waals surface area contributed by atoms with Gasteiger partial charge in [0.25, 0.3) is 0 Å². The fourth-order valence-electron chi connectivity index (χ4n) is 1.39. The molecule has 12 heavy (non-hydrogen) atoms. The van der Waals surface area contributed by atoms with Gasteiger partial charge in [-0.1, -0.05) is 6.92 Å². The molecule has 1 heterocycles. The fraction of sp³-hybridized carbons (Fsp3) is 0.500. The van der Waals surface area contributed by atoms with Crippen LogP contribution in [-0.2, 0) is 6.42 Å². The summed E-state index contributed by atoms with van der Waals surface area (Å²) in [7, 11) is 0. The number of halogens is 1. The lowest BCUT2D eigenvalue weighted by atomic mass is 9.92. The van der Waals surface area contributed by atoms with Crippen LogP contribution in [0.2, 0.25) is 0 Å². The first-order valence-electron chi connectivity index (χ1n) is 3.88. The molecule has 0 aliphatic heterocycles. The van der Waals surface area contributed by atoms with Crippen LogP contribution in [0.1, 0.15) is 28.7 Å². The summed E-state index contributed by atoms with van der Waals surface area (Å²) in [5.74, 6) is 0.448. The summed E-state index contributed by atoms with van der Waals surface area (Å²) in [6, 6.07) is 0. The van der Waals surface area contributed by atoms with Crippen molar-refractivity contribution in [2.75, 3.05) is 0 Å². The molecular formula is C8H8BrNOS. The number of nitrogens with zero attached hydrogens (tertiary/aromatic N) is 1. The Morgan fingerprint density at radius 2 is 2.42 bits per heavy atom. The van der Waals surface area contributed by atoms with E-state index in [-0.39, 0.29) is 11.7 Å². The van der Waals surface area contributed by atoms with E-state index in [0.717, 1.165) is 27.3 Å². The zero-order valence-corrected chi connectivity index (χ0v) is 9.04. The molecule has 1 aliphatic carbocycles. The van der Waals surface area contributed by atoms with E-state index >= 15 is 0 Å². The Labute approximate surface area is 83.1 Å². The highest BCUT2D eigenvalue weighted by molar-refractivity contribution is 9.11. The molecule has 1 atom stereocenters. The van der Waals surface area contributed by atoms with Gasteiger partial charge in [-0.25, -0.2) is 4.98 Å². The number of carbonyl (C=O) groups is 1. The Morgan fingerprint density at radius 1 is 1.67 bits per heavy atom. The number of aromatic nitrogens is 1. The van der Waals surface area contributed by atoms with Crippen LogP contribution in [0.5, 0.6) is 0 Å². The zero-order chi connectivity index (χ0) is 8.72. The maximum absolute atomic E-state index is 11.6. The Hall–Kier alpha value is -0.220. The van der Waals surface area contributed by atoms with E-state index in [4.69, 9.17) is 0 Å². The molecule has 0 spiro atoms. The number of aryl methyl sites for hydroxylation is 1. The van der Waals surface area contributed by atoms with Crippen LogP contribution in [-0.4, -0.2) is 10.8 Å². The first-order chi connectivity index (χ1) is 5.68. The number of carbonyl (C=O) groups excluding carboxylic acids is 1. The Balaban J connectivity index is 2.48. The van der Waals surface area contributed by atoms with Crippen molar-refractivity contribution in [3.8, 4) is 0 Å². The second kappa shape index (κ2) is 2.92. The SMILES string of the molecule is CC1CCc2nc(Br)sc2C1=O. The number of hydrogen-bond acceptors (Lipinski definition) is 3. The third-order valence-electron chi connectivity index (χ3n) is 2.16. The van der Waals surface area contributed by atoms with Gasteiger partial charge in [-0.15, -0.1) is 11.3 Å². The monoisotopic (exact) mass is 245 g/mol. The van der Waals surface area contributed by atoms with Crippen LogP contribution in [0.4, 0.5) is 0 Å². The summed E-state index contributed by atoms with van der Waals surface area (Å²) >= 11 is 4.75. The molecule has 0 radical (unpaired) electrons. The van der Waals surface area contributed by atoms with Gasteiger partial charge < -0.3 is 0 Å². The molecule has 64 valence electrons. The number of rotatable bonds is 0. The van der Waals surface area contributed by atoms with Crippen LogP contribution >= 0.6 is 27.3 Å². The van der Waals surface area contributed by atoms with Gasteiger partial charge in [0.15, 0.2) is 9.70 Å². The van der Waals surface area contributed by atoms with Gasteiger partial charge in [-0.3, -0.25) is 4.79 Å². The summed E-state index contributed by atoms with van der Waals surface area (Å²) in [6.07, 6.45) is 1.90.